The van der Waals surface area contributed by atoms with E-state index >= 15 is 0 Å². The molecule has 0 fully saturated rings. The molecule has 0 atom stereocenters. The van der Waals surface area contributed by atoms with E-state index in [1.54, 1.807) is 0 Å². The second-order valence-corrected chi connectivity index (χ2v) is 5.12. The summed E-state index contributed by atoms with van der Waals surface area (Å²) in [5.74, 6) is 0.694. The summed E-state index contributed by atoms with van der Waals surface area (Å²) in [6, 6.07) is 14.4. The van der Waals surface area contributed by atoms with Gasteiger partial charge in [-0.3, -0.25) is 0 Å². The van der Waals surface area contributed by atoms with Crippen molar-refractivity contribution in [2.75, 3.05) is 5.32 Å². The minimum atomic E-state index is 0.694. The van der Waals surface area contributed by atoms with E-state index < -0.39 is 0 Å². The van der Waals surface area contributed by atoms with Crippen LogP contribution in [0.4, 0.5) is 5.69 Å². The van der Waals surface area contributed by atoms with Gasteiger partial charge in [0, 0.05) is 36.3 Å². The highest BCUT2D eigenvalue weighted by Gasteiger charge is 2.04. The van der Waals surface area contributed by atoms with E-state index in [1.165, 1.54) is 10.9 Å². The van der Waals surface area contributed by atoms with Crippen molar-refractivity contribution in [1.82, 2.24) is 9.97 Å². The zero-order chi connectivity index (χ0) is 14.2. The Balaban J connectivity index is 1.61. The predicted molar refractivity (Wildman–Crippen MR) is 84.4 cm³/mol. The fourth-order valence-electron chi connectivity index (χ4n) is 2.65. The lowest BCUT2D eigenvalue weighted by atomic mass is 10.1. The molecule has 0 spiro atoms. The van der Waals surface area contributed by atoms with E-state index in [0.29, 0.717) is 5.89 Å². The Morgan fingerprint density at radius 3 is 3.10 bits per heavy atom. The van der Waals surface area contributed by atoms with Gasteiger partial charge in [0.05, 0.1) is 0 Å². The second kappa shape index (κ2) is 4.66. The third-order valence-electron chi connectivity index (χ3n) is 3.66. The number of hydrogen-bond acceptors (Lipinski definition) is 3. The van der Waals surface area contributed by atoms with Crippen molar-refractivity contribution in [2.45, 2.75) is 13.5 Å². The number of anilines is 1. The van der Waals surface area contributed by atoms with Crippen LogP contribution in [-0.4, -0.2) is 9.97 Å². The molecule has 0 aliphatic heterocycles. The summed E-state index contributed by atoms with van der Waals surface area (Å²) in [6.45, 7) is 2.64. The van der Waals surface area contributed by atoms with Gasteiger partial charge in [-0.05, 0) is 35.9 Å². The second-order valence-electron chi connectivity index (χ2n) is 5.12. The predicted octanol–water partition coefficient (Wildman–Crippen LogP) is 4.23. The molecule has 0 unspecified atom stereocenters. The monoisotopic (exact) mass is 277 g/mol. The largest absolute Gasteiger partial charge is 0.441 e. The summed E-state index contributed by atoms with van der Waals surface area (Å²) in [4.78, 5) is 7.59. The minimum Gasteiger partial charge on any atom is -0.441 e. The number of aromatic amines is 1. The Morgan fingerprint density at radius 2 is 2.14 bits per heavy atom. The first-order chi connectivity index (χ1) is 10.3. The van der Waals surface area contributed by atoms with Crippen molar-refractivity contribution in [2.24, 2.45) is 0 Å². The number of aryl methyl sites for hydroxylation is 1. The molecule has 2 aromatic carbocycles. The zero-order valence-electron chi connectivity index (χ0n) is 11.7. The molecule has 4 aromatic rings. The van der Waals surface area contributed by atoms with Crippen LogP contribution in [0.25, 0.3) is 22.0 Å². The number of fused-ring (bicyclic) bond motifs is 2. The van der Waals surface area contributed by atoms with E-state index in [9.17, 15) is 0 Å². The van der Waals surface area contributed by atoms with Crippen LogP contribution in [0.1, 0.15) is 11.5 Å². The first kappa shape index (κ1) is 12.0. The normalized spacial score (nSPS) is 11.3. The molecule has 2 N–H and O–H groups in total. The third-order valence-corrected chi connectivity index (χ3v) is 3.66. The Hall–Kier alpha value is -2.75. The van der Waals surface area contributed by atoms with Crippen LogP contribution < -0.4 is 5.32 Å². The molecule has 0 amide bonds. The van der Waals surface area contributed by atoms with E-state index in [2.05, 4.69) is 39.6 Å². The van der Waals surface area contributed by atoms with Crippen molar-refractivity contribution >= 4 is 27.7 Å². The lowest BCUT2D eigenvalue weighted by molar-refractivity contribution is 0.561. The van der Waals surface area contributed by atoms with E-state index in [4.69, 9.17) is 4.42 Å². The maximum Gasteiger partial charge on any atom is 0.192 e. The summed E-state index contributed by atoms with van der Waals surface area (Å²) >= 11 is 0. The third kappa shape index (κ3) is 2.14. The van der Waals surface area contributed by atoms with E-state index in [-0.39, 0.29) is 0 Å². The molecule has 0 saturated heterocycles. The van der Waals surface area contributed by atoms with Crippen LogP contribution in [0, 0.1) is 6.92 Å². The molecule has 104 valence electrons. The van der Waals surface area contributed by atoms with Gasteiger partial charge < -0.3 is 14.7 Å². The lowest BCUT2D eigenvalue weighted by Gasteiger charge is -2.07. The van der Waals surface area contributed by atoms with Crippen LogP contribution in [0.15, 0.2) is 53.1 Å². The molecular formula is C17H15N3O. The number of nitrogens with one attached hydrogen (secondary N) is 2. The molecular weight excluding hydrogens is 262 g/mol. The number of hydrogen-bond donors (Lipinski definition) is 2. The van der Waals surface area contributed by atoms with Gasteiger partial charge in [0.15, 0.2) is 11.5 Å². The van der Waals surface area contributed by atoms with Crippen LogP contribution in [0.2, 0.25) is 0 Å². The summed E-state index contributed by atoms with van der Waals surface area (Å²) in [5.41, 5.74) is 5.19. The van der Waals surface area contributed by atoms with Gasteiger partial charge in [0.2, 0.25) is 0 Å². The number of oxazole rings is 1. The van der Waals surface area contributed by atoms with Gasteiger partial charge in [0.1, 0.15) is 5.52 Å². The summed E-state index contributed by atoms with van der Waals surface area (Å²) in [7, 11) is 0. The minimum absolute atomic E-state index is 0.694. The molecule has 4 nitrogen and oxygen atoms in total. The Kier molecular flexibility index (Phi) is 2.67. The molecule has 0 radical (unpaired) electrons. The van der Waals surface area contributed by atoms with Crippen molar-refractivity contribution in [3.8, 4) is 0 Å². The Morgan fingerprint density at radius 1 is 1.19 bits per heavy atom. The van der Waals surface area contributed by atoms with E-state index in [0.717, 1.165) is 28.8 Å². The number of rotatable bonds is 3. The van der Waals surface area contributed by atoms with Crippen LogP contribution in [0.5, 0.6) is 0 Å². The fourth-order valence-corrected chi connectivity index (χ4v) is 2.65. The maximum absolute atomic E-state index is 5.49. The molecule has 0 aliphatic carbocycles. The standard InChI is InChI=1S/C17H15N3O/c1-11-20-16-9-13(5-6-17(16)21-11)19-10-12-3-2-4-15-14(12)7-8-18-15/h2-9,18-19H,10H2,1H3. The summed E-state index contributed by atoms with van der Waals surface area (Å²) < 4.78 is 5.49. The summed E-state index contributed by atoms with van der Waals surface area (Å²) in [6.07, 6.45) is 1.97. The van der Waals surface area contributed by atoms with Crippen molar-refractivity contribution in [3.63, 3.8) is 0 Å². The molecule has 4 rings (SSSR count). The summed E-state index contributed by atoms with van der Waals surface area (Å²) in [5, 5.41) is 4.70. The molecule has 21 heavy (non-hydrogen) atoms. The van der Waals surface area contributed by atoms with Gasteiger partial charge in [-0.15, -0.1) is 0 Å². The molecule has 0 bridgehead atoms. The SMILES string of the molecule is Cc1nc2cc(NCc3cccc4[nH]ccc34)ccc2o1. The highest BCUT2D eigenvalue weighted by Crippen LogP contribution is 2.22. The molecule has 2 aromatic heterocycles. The van der Waals surface area contributed by atoms with Crippen LogP contribution in [0.3, 0.4) is 0 Å². The highest BCUT2D eigenvalue weighted by atomic mass is 16.3. The number of benzene rings is 2. The van der Waals surface area contributed by atoms with Crippen molar-refractivity contribution < 1.29 is 4.42 Å². The average Bonchev–Trinajstić information content (AvgIpc) is 3.09. The van der Waals surface area contributed by atoms with Crippen LogP contribution >= 0.6 is 0 Å². The lowest BCUT2D eigenvalue weighted by Crippen LogP contribution is -1.99. The first-order valence-corrected chi connectivity index (χ1v) is 6.96. The smallest absolute Gasteiger partial charge is 0.192 e. The van der Waals surface area contributed by atoms with Gasteiger partial charge >= 0.3 is 0 Å². The van der Waals surface area contributed by atoms with Crippen LogP contribution in [-0.2, 0) is 6.54 Å². The molecule has 0 saturated carbocycles. The number of nitrogens with zero attached hydrogens (tertiary/aromatic N) is 1. The molecule has 4 heteroatoms. The van der Waals surface area contributed by atoms with Gasteiger partial charge in [-0.2, -0.15) is 0 Å². The van der Waals surface area contributed by atoms with E-state index in [1.807, 2.05) is 31.3 Å². The van der Waals surface area contributed by atoms with Gasteiger partial charge in [-0.1, -0.05) is 12.1 Å². The maximum atomic E-state index is 5.49. The van der Waals surface area contributed by atoms with Crippen molar-refractivity contribution in [1.29, 1.82) is 0 Å². The Labute approximate surface area is 121 Å². The number of H-pyrrole nitrogens is 1. The molecule has 2 heterocycles. The zero-order valence-corrected chi connectivity index (χ0v) is 11.7. The first-order valence-electron chi connectivity index (χ1n) is 6.96. The topological polar surface area (TPSA) is 53.9 Å². The fraction of sp³-hybridized carbons (Fsp3) is 0.118. The quantitative estimate of drug-likeness (QED) is 0.589. The number of aromatic nitrogens is 2. The molecule has 0 aliphatic rings. The van der Waals surface area contributed by atoms with Gasteiger partial charge in [-0.25, -0.2) is 4.98 Å². The highest BCUT2D eigenvalue weighted by molar-refractivity contribution is 5.83. The van der Waals surface area contributed by atoms with Crippen molar-refractivity contribution in [3.05, 3.63) is 60.1 Å². The average molecular weight is 277 g/mol. The Bertz CT molecular complexity index is 920. The van der Waals surface area contributed by atoms with Gasteiger partial charge in [0.25, 0.3) is 0 Å².